The van der Waals surface area contributed by atoms with Crippen LogP contribution in [0.3, 0.4) is 0 Å². The Morgan fingerprint density at radius 3 is 3.19 bits per heavy atom. The van der Waals surface area contributed by atoms with Crippen molar-refractivity contribution in [2.45, 2.75) is 50.7 Å². The second-order valence-corrected chi connectivity index (χ2v) is 7.07. The van der Waals surface area contributed by atoms with Crippen LogP contribution in [0.25, 0.3) is 0 Å². The van der Waals surface area contributed by atoms with Gasteiger partial charge in [-0.15, -0.1) is 0 Å². The van der Waals surface area contributed by atoms with Crippen molar-refractivity contribution < 1.29 is 9.84 Å². The molecule has 21 heavy (non-hydrogen) atoms. The van der Waals surface area contributed by atoms with E-state index in [1.54, 1.807) is 0 Å². The molecule has 3 heteroatoms. The Labute approximate surface area is 126 Å². The number of fused-ring (bicyclic) bond motifs is 2. The van der Waals surface area contributed by atoms with E-state index in [-0.39, 0.29) is 5.60 Å². The fourth-order valence-electron chi connectivity index (χ4n) is 4.38. The van der Waals surface area contributed by atoms with Gasteiger partial charge in [0, 0.05) is 32.0 Å². The molecule has 0 unspecified atom stereocenters. The topological polar surface area (TPSA) is 32.7 Å². The largest absolute Gasteiger partial charge is 0.493 e. The summed E-state index contributed by atoms with van der Waals surface area (Å²) in [6, 6.07) is 6.63. The fourth-order valence-corrected chi connectivity index (χ4v) is 4.38. The highest BCUT2D eigenvalue weighted by Crippen LogP contribution is 2.40. The Morgan fingerprint density at radius 1 is 1.29 bits per heavy atom. The van der Waals surface area contributed by atoms with Gasteiger partial charge in [-0.05, 0) is 36.5 Å². The van der Waals surface area contributed by atoms with E-state index in [0.29, 0.717) is 5.92 Å². The van der Waals surface area contributed by atoms with Gasteiger partial charge in [0.05, 0.1) is 12.2 Å². The van der Waals surface area contributed by atoms with Gasteiger partial charge in [-0.3, -0.25) is 4.90 Å². The first-order valence-electron chi connectivity index (χ1n) is 8.42. The summed E-state index contributed by atoms with van der Waals surface area (Å²) in [7, 11) is 0. The van der Waals surface area contributed by atoms with Crippen LogP contribution in [0.5, 0.6) is 5.75 Å². The van der Waals surface area contributed by atoms with Crippen molar-refractivity contribution in [3.05, 3.63) is 29.3 Å². The third kappa shape index (κ3) is 2.58. The van der Waals surface area contributed by atoms with Gasteiger partial charge in [-0.2, -0.15) is 0 Å². The molecule has 114 valence electrons. The quantitative estimate of drug-likeness (QED) is 0.908. The van der Waals surface area contributed by atoms with E-state index in [2.05, 4.69) is 23.1 Å². The van der Waals surface area contributed by atoms with Crippen LogP contribution in [-0.2, 0) is 13.0 Å². The molecule has 0 amide bonds. The molecule has 2 heterocycles. The first-order chi connectivity index (χ1) is 10.2. The molecule has 2 aliphatic heterocycles. The second kappa shape index (κ2) is 5.29. The highest BCUT2D eigenvalue weighted by Gasteiger charge is 2.42. The van der Waals surface area contributed by atoms with E-state index in [0.717, 1.165) is 51.3 Å². The zero-order valence-corrected chi connectivity index (χ0v) is 12.7. The van der Waals surface area contributed by atoms with Crippen molar-refractivity contribution in [1.82, 2.24) is 4.90 Å². The maximum absolute atomic E-state index is 10.8. The number of hydrogen-bond acceptors (Lipinski definition) is 3. The molecule has 3 nitrogen and oxygen atoms in total. The van der Waals surface area contributed by atoms with Crippen molar-refractivity contribution in [1.29, 1.82) is 0 Å². The smallest absolute Gasteiger partial charge is 0.122 e. The third-order valence-electron chi connectivity index (χ3n) is 5.67. The average molecular weight is 287 g/mol. The van der Waals surface area contributed by atoms with Crippen LogP contribution in [0.2, 0.25) is 0 Å². The summed E-state index contributed by atoms with van der Waals surface area (Å²) in [6.07, 6.45) is 6.71. The Balaban J connectivity index is 1.44. The number of aliphatic hydroxyl groups is 1. The summed E-state index contributed by atoms with van der Waals surface area (Å²) in [6.45, 7) is 3.93. The van der Waals surface area contributed by atoms with Gasteiger partial charge in [0.1, 0.15) is 5.75 Å². The molecule has 0 aromatic heterocycles. The Bertz CT molecular complexity index is 530. The average Bonchev–Trinajstić information content (AvgIpc) is 2.95. The van der Waals surface area contributed by atoms with Gasteiger partial charge in [-0.1, -0.05) is 25.0 Å². The van der Waals surface area contributed by atoms with Gasteiger partial charge in [0.2, 0.25) is 0 Å². The number of ether oxygens (including phenoxy) is 1. The standard InChI is InChI=1S/C18H25NO2/c20-18-7-2-1-3-16(18)13-19(9-8-18)12-14-4-5-17-15(11-14)6-10-21-17/h4-5,11,16,20H,1-3,6-10,12-13H2/t16-,18-/m0/s1. The summed E-state index contributed by atoms with van der Waals surface area (Å²) in [5.41, 5.74) is 2.39. The van der Waals surface area contributed by atoms with E-state index in [9.17, 15) is 5.11 Å². The first kappa shape index (κ1) is 13.6. The number of rotatable bonds is 2. The molecule has 1 saturated carbocycles. The van der Waals surface area contributed by atoms with Gasteiger partial charge in [0.15, 0.2) is 0 Å². The summed E-state index contributed by atoms with van der Waals surface area (Å²) in [4.78, 5) is 2.53. The first-order valence-corrected chi connectivity index (χ1v) is 8.42. The minimum Gasteiger partial charge on any atom is -0.493 e. The molecule has 1 aromatic carbocycles. The summed E-state index contributed by atoms with van der Waals surface area (Å²) in [5, 5.41) is 10.8. The maximum atomic E-state index is 10.8. The summed E-state index contributed by atoms with van der Waals surface area (Å²) < 4.78 is 5.58. The van der Waals surface area contributed by atoms with Crippen LogP contribution >= 0.6 is 0 Å². The molecule has 1 aliphatic carbocycles. The monoisotopic (exact) mass is 287 g/mol. The molecule has 0 bridgehead atoms. The molecule has 2 atom stereocenters. The van der Waals surface area contributed by atoms with Gasteiger partial charge in [-0.25, -0.2) is 0 Å². The SMILES string of the molecule is O[C@]12CCCC[C@H]1CN(Cc1ccc3c(c1)CCO3)CC2. The number of nitrogens with zero attached hydrogens (tertiary/aromatic N) is 1. The molecule has 0 radical (unpaired) electrons. The molecule has 1 saturated heterocycles. The fraction of sp³-hybridized carbons (Fsp3) is 0.667. The van der Waals surface area contributed by atoms with Gasteiger partial charge in [0.25, 0.3) is 0 Å². The van der Waals surface area contributed by atoms with Crippen LogP contribution in [0.1, 0.15) is 43.2 Å². The molecule has 4 rings (SSSR count). The van der Waals surface area contributed by atoms with Gasteiger partial charge < -0.3 is 9.84 Å². The molecular weight excluding hydrogens is 262 g/mol. The highest BCUT2D eigenvalue weighted by molar-refractivity contribution is 5.39. The summed E-state index contributed by atoms with van der Waals surface area (Å²) in [5.74, 6) is 1.55. The number of benzene rings is 1. The van der Waals surface area contributed by atoms with Crippen LogP contribution in [-0.4, -0.2) is 35.3 Å². The minimum absolute atomic E-state index is 0.361. The van der Waals surface area contributed by atoms with Crippen molar-refractivity contribution in [3.8, 4) is 5.75 Å². The molecule has 1 N–H and O–H groups in total. The lowest BCUT2D eigenvalue weighted by Gasteiger charge is -2.47. The normalized spacial score (nSPS) is 32.3. The second-order valence-electron chi connectivity index (χ2n) is 7.07. The minimum atomic E-state index is -0.361. The maximum Gasteiger partial charge on any atom is 0.122 e. The molecule has 1 aromatic rings. The lowest BCUT2D eigenvalue weighted by atomic mass is 9.71. The molecule has 0 spiro atoms. The van der Waals surface area contributed by atoms with Crippen LogP contribution in [0.15, 0.2) is 18.2 Å². The zero-order valence-electron chi connectivity index (χ0n) is 12.7. The van der Waals surface area contributed by atoms with Crippen molar-refractivity contribution in [2.75, 3.05) is 19.7 Å². The lowest BCUT2D eigenvalue weighted by molar-refractivity contribution is -0.0967. The Morgan fingerprint density at radius 2 is 2.24 bits per heavy atom. The number of hydrogen-bond donors (Lipinski definition) is 1. The molecule has 3 aliphatic rings. The number of likely N-dealkylation sites (tertiary alicyclic amines) is 1. The van der Waals surface area contributed by atoms with Crippen molar-refractivity contribution in [3.63, 3.8) is 0 Å². The Kier molecular flexibility index (Phi) is 3.43. The molecule has 2 fully saturated rings. The van der Waals surface area contributed by atoms with E-state index < -0.39 is 0 Å². The highest BCUT2D eigenvalue weighted by atomic mass is 16.5. The predicted octanol–water partition coefficient (Wildman–Crippen LogP) is 2.75. The van der Waals surface area contributed by atoms with Crippen LogP contribution in [0.4, 0.5) is 0 Å². The van der Waals surface area contributed by atoms with E-state index in [1.807, 2.05) is 0 Å². The van der Waals surface area contributed by atoms with Crippen molar-refractivity contribution in [2.24, 2.45) is 5.92 Å². The van der Waals surface area contributed by atoms with Crippen molar-refractivity contribution >= 4 is 0 Å². The Hall–Kier alpha value is -1.06. The molecular formula is C18H25NO2. The predicted molar refractivity (Wildman–Crippen MR) is 82.4 cm³/mol. The van der Waals surface area contributed by atoms with E-state index >= 15 is 0 Å². The lowest BCUT2D eigenvalue weighted by Crippen LogP contribution is -2.52. The summed E-state index contributed by atoms with van der Waals surface area (Å²) >= 11 is 0. The van der Waals surface area contributed by atoms with E-state index in [1.165, 1.54) is 30.4 Å². The third-order valence-corrected chi connectivity index (χ3v) is 5.67. The number of piperidine rings is 1. The zero-order chi connectivity index (χ0) is 14.3. The van der Waals surface area contributed by atoms with Crippen LogP contribution in [0, 0.1) is 5.92 Å². The van der Waals surface area contributed by atoms with E-state index in [4.69, 9.17) is 4.74 Å². The van der Waals surface area contributed by atoms with Gasteiger partial charge >= 0.3 is 0 Å². The van der Waals surface area contributed by atoms with Crippen LogP contribution < -0.4 is 4.74 Å².